The highest BCUT2D eigenvalue weighted by molar-refractivity contribution is 9.10. The van der Waals surface area contributed by atoms with Crippen LogP contribution in [0.15, 0.2) is 28.7 Å². The predicted octanol–water partition coefficient (Wildman–Crippen LogP) is 2.63. The van der Waals surface area contributed by atoms with E-state index in [2.05, 4.69) is 26.6 Å². The van der Waals surface area contributed by atoms with E-state index in [0.29, 0.717) is 6.42 Å². The molecule has 1 atom stereocenters. The lowest BCUT2D eigenvalue weighted by Gasteiger charge is -2.14. The van der Waals surface area contributed by atoms with Crippen molar-refractivity contribution in [2.45, 2.75) is 26.3 Å². The van der Waals surface area contributed by atoms with E-state index in [1.165, 1.54) is 0 Å². The van der Waals surface area contributed by atoms with Gasteiger partial charge in [0, 0.05) is 17.4 Å². The summed E-state index contributed by atoms with van der Waals surface area (Å²) in [5.74, 6) is 0.0846. The van der Waals surface area contributed by atoms with Crippen molar-refractivity contribution in [3.05, 3.63) is 34.3 Å². The van der Waals surface area contributed by atoms with Crippen molar-refractivity contribution in [2.24, 2.45) is 0 Å². The molecule has 0 heterocycles. The molecule has 0 radical (unpaired) electrons. The van der Waals surface area contributed by atoms with Crippen molar-refractivity contribution in [3.8, 4) is 0 Å². The summed E-state index contributed by atoms with van der Waals surface area (Å²) in [6.45, 7) is 5.65. The molecular formula is C13H19BrN2O. The van der Waals surface area contributed by atoms with Gasteiger partial charge in [-0.1, -0.05) is 35.0 Å². The minimum atomic E-state index is 0.0530. The first kappa shape index (κ1) is 14.2. The van der Waals surface area contributed by atoms with Crippen LogP contribution in [0.5, 0.6) is 0 Å². The zero-order valence-corrected chi connectivity index (χ0v) is 11.9. The van der Waals surface area contributed by atoms with Crippen molar-refractivity contribution < 1.29 is 4.79 Å². The summed E-state index contributed by atoms with van der Waals surface area (Å²) in [6, 6.07) is 8.04. The van der Waals surface area contributed by atoms with Crippen LogP contribution < -0.4 is 10.6 Å². The molecule has 0 aromatic heterocycles. The SMILES string of the molecule is CCNCCC(=O)N[C@@H](C)c1ccc(Br)cc1. The van der Waals surface area contributed by atoms with Gasteiger partial charge in [0.2, 0.25) is 5.91 Å². The second-order valence-corrected chi connectivity index (χ2v) is 4.86. The molecule has 0 bridgehead atoms. The molecule has 1 aromatic rings. The van der Waals surface area contributed by atoms with E-state index in [1.54, 1.807) is 0 Å². The normalized spacial score (nSPS) is 12.2. The number of rotatable bonds is 6. The molecule has 0 saturated heterocycles. The van der Waals surface area contributed by atoms with Crippen LogP contribution in [0.25, 0.3) is 0 Å². The van der Waals surface area contributed by atoms with E-state index < -0.39 is 0 Å². The first-order valence-electron chi connectivity index (χ1n) is 5.89. The highest BCUT2D eigenvalue weighted by atomic mass is 79.9. The lowest BCUT2D eigenvalue weighted by Crippen LogP contribution is -2.29. The monoisotopic (exact) mass is 298 g/mol. The molecule has 0 aliphatic heterocycles. The van der Waals surface area contributed by atoms with Crippen molar-refractivity contribution in [1.82, 2.24) is 10.6 Å². The Hall–Kier alpha value is -0.870. The Morgan fingerprint density at radius 3 is 2.59 bits per heavy atom. The number of benzene rings is 1. The Morgan fingerprint density at radius 1 is 1.35 bits per heavy atom. The standard InChI is InChI=1S/C13H19BrN2O/c1-3-15-9-8-13(17)16-10(2)11-4-6-12(14)7-5-11/h4-7,10,15H,3,8-9H2,1-2H3,(H,16,17)/t10-/m0/s1. The Bertz CT molecular complexity index is 351. The third-order valence-corrected chi connectivity index (χ3v) is 3.06. The molecular weight excluding hydrogens is 280 g/mol. The van der Waals surface area contributed by atoms with E-state index in [1.807, 2.05) is 38.1 Å². The molecule has 2 N–H and O–H groups in total. The van der Waals surface area contributed by atoms with Crippen molar-refractivity contribution in [3.63, 3.8) is 0 Å². The molecule has 1 rings (SSSR count). The van der Waals surface area contributed by atoms with Gasteiger partial charge in [-0.15, -0.1) is 0 Å². The smallest absolute Gasteiger partial charge is 0.221 e. The van der Waals surface area contributed by atoms with Crippen LogP contribution >= 0.6 is 15.9 Å². The molecule has 0 unspecified atom stereocenters. The van der Waals surface area contributed by atoms with Crippen LogP contribution in [0, 0.1) is 0 Å². The minimum Gasteiger partial charge on any atom is -0.350 e. The summed E-state index contributed by atoms with van der Waals surface area (Å²) < 4.78 is 1.05. The van der Waals surface area contributed by atoms with Crippen LogP contribution in [-0.2, 0) is 4.79 Å². The van der Waals surface area contributed by atoms with Gasteiger partial charge in [0.15, 0.2) is 0 Å². The average Bonchev–Trinajstić information content (AvgIpc) is 2.30. The quantitative estimate of drug-likeness (QED) is 0.793. The molecule has 3 nitrogen and oxygen atoms in total. The van der Waals surface area contributed by atoms with Crippen LogP contribution in [-0.4, -0.2) is 19.0 Å². The van der Waals surface area contributed by atoms with Crippen LogP contribution in [0.1, 0.15) is 31.9 Å². The van der Waals surface area contributed by atoms with Gasteiger partial charge in [0.05, 0.1) is 6.04 Å². The van der Waals surface area contributed by atoms with E-state index in [0.717, 1.165) is 23.1 Å². The molecule has 0 saturated carbocycles. The molecule has 0 fully saturated rings. The fourth-order valence-corrected chi connectivity index (χ4v) is 1.79. The molecule has 1 amide bonds. The largest absolute Gasteiger partial charge is 0.350 e. The highest BCUT2D eigenvalue weighted by Gasteiger charge is 2.08. The first-order chi connectivity index (χ1) is 8.13. The van der Waals surface area contributed by atoms with E-state index in [-0.39, 0.29) is 11.9 Å². The second-order valence-electron chi connectivity index (χ2n) is 3.94. The fraction of sp³-hybridized carbons (Fsp3) is 0.462. The number of hydrogen-bond donors (Lipinski definition) is 2. The van der Waals surface area contributed by atoms with Gasteiger partial charge in [0.25, 0.3) is 0 Å². The molecule has 1 aromatic carbocycles. The van der Waals surface area contributed by atoms with Crippen LogP contribution in [0.3, 0.4) is 0 Å². The third-order valence-electron chi connectivity index (χ3n) is 2.53. The number of carbonyl (C=O) groups excluding carboxylic acids is 1. The van der Waals surface area contributed by atoms with Gasteiger partial charge < -0.3 is 10.6 Å². The topological polar surface area (TPSA) is 41.1 Å². The lowest BCUT2D eigenvalue weighted by molar-refractivity contribution is -0.121. The first-order valence-corrected chi connectivity index (χ1v) is 6.68. The number of hydrogen-bond acceptors (Lipinski definition) is 2. The van der Waals surface area contributed by atoms with Gasteiger partial charge in [-0.3, -0.25) is 4.79 Å². The molecule has 17 heavy (non-hydrogen) atoms. The number of carbonyl (C=O) groups is 1. The maximum absolute atomic E-state index is 11.6. The highest BCUT2D eigenvalue weighted by Crippen LogP contribution is 2.16. The van der Waals surface area contributed by atoms with Crippen LogP contribution in [0.2, 0.25) is 0 Å². The zero-order valence-electron chi connectivity index (χ0n) is 10.3. The van der Waals surface area contributed by atoms with E-state index in [4.69, 9.17) is 0 Å². The average molecular weight is 299 g/mol. The number of amides is 1. The van der Waals surface area contributed by atoms with Crippen molar-refractivity contribution in [1.29, 1.82) is 0 Å². The molecule has 0 aliphatic rings. The number of halogens is 1. The third kappa shape index (κ3) is 5.33. The number of nitrogens with one attached hydrogen (secondary N) is 2. The zero-order chi connectivity index (χ0) is 12.7. The Labute approximate surface area is 111 Å². The summed E-state index contributed by atoms with van der Waals surface area (Å²) in [5, 5.41) is 6.11. The molecule has 0 spiro atoms. The van der Waals surface area contributed by atoms with Gasteiger partial charge in [-0.25, -0.2) is 0 Å². The predicted molar refractivity (Wildman–Crippen MR) is 73.9 cm³/mol. The summed E-state index contributed by atoms with van der Waals surface area (Å²) in [7, 11) is 0. The second kappa shape index (κ2) is 7.45. The van der Waals surface area contributed by atoms with Gasteiger partial charge in [-0.2, -0.15) is 0 Å². The van der Waals surface area contributed by atoms with Gasteiger partial charge in [0.1, 0.15) is 0 Å². The summed E-state index contributed by atoms with van der Waals surface area (Å²) in [5.41, 5.74) is 1.12. The fourth-order valence-electron chi connectivity index (χ4n) is 1.53. The van der Waals surface area contributed by atoms with Crippen molar-refractivity contribution >= 4 is 21.8 Å². The summed E-state index contributed by atoms with van der Waals surface area (Å²) in [6.07, 6.45) is 0.523. The Morgan fingerprint density at radius 2 is 2.00 bits per heavy atom. The summed E-state index contributed by atoms with van der Waals surface area (Å²) in [4.78, 5) is 11.6. The molecule has 4 heteroatoms. The Kier molecular flexibility index (Phi) is 6.22. The van der Waals surface area contributed by atoms with E-state index in [9.17, 15) is 4.79 Å². The summed E-state index contributed by atoms with van der Waals surface area (Å²) >= 11 is 3.39. The Balaban J connectivity index is 2.40. The molecule has 94 valence electrons. The maximum atomic E-state index is 11.6. The molecule has 0 aliphatic carbocycles. The lowest BCUT2D eigenvalue weighted by atomic mass is 10.1. The van der Waals surface area contributed by atoms with Crippen LogP contribution in [0.4, 0.5) is 0 Å². The van der Waals surface area contributed by atoms with Crippen molar-refractivity contribution in [2.75, 3.05) is 13.1 Å². The van der Waals surface area contributed by atoms with Gasteiger partial charge in [-0.05, 0) is 31.2 Å². The maximum Gasteiger partial charge on any atom is 0.221 e. The van der Waals surface area contributed by atoms with E-state index >= 15 is 0 Å². The van der Waals surface area contributed by atoms with Gasteiger partial charge >= 0.3 is 0 Å². The minimum absolute atomic E-state index is 0.0530.